The van der Waals surface area contributed by atoms with Gasteiger partial charge in [0.15, 0.2) is 11.5 Å². The molecule has 0 rings (SSSR count). The first kappa shape index (κ1) is 28.5. The minimum Gasteiger partial charge on any atom is -0.388 e. The first-order chi connectivity index (χ1) is 13.5. The Morgan fingerprint density at radius 2 is 1.34 bits per heavy atom. The zero-order chi connectivity index (χ0) is 22.3. The van der Waals surface area contributed by atoms with Gasteiger partial charge in [0.1, 0.15) is 12.6 Å². The number of likely N-dealkylation sites (N-methyl/N-ethyl adjacent to an activating group) is 1. The molecule has 0 aromatic carbocycles. The average molecular weight is 416 g/mol. The van der Waals surface area contributed by atoms with Gasteiger partial charge in [0.2, 0.25) is 0 Å². The third kappa shape index (κ3) is 15.9. The van der Waals surface area contributed by atoms with Crippen molar-refractivity contribution in [2.75, 3.05) is 27.2 Å². The van der Waals surface area contributed by atoms with Crippen LogP contribution in [0.15, 0.2) is 0 Å². The van der Waals surface area contributed by atoms with Gasteiger partial charge in [-0.05, 0) is 27.2 Å². The van der Waals surface area contributed by atoms with Crippen LogP contribution in [0.25, 0.3) is 0 Å². The van der Waals surface area contributed by atoms with Gasteiger partial charge in [-0.2, -0.15) is 0 Å². The quantitative estimate of drug-likeness (QED) is 0.166. The van der Waals surface area contributed by atoms with Gasteiger partial charge in [-0.15, -0.1) is 0 Å². The maximum Gasteiger partial charge on any atom is 0.179 e. The number of ketones is 1. The number of nitrogens with zero attached hydrogens (tertiary/aromatic N) is 1. The molecule has 0 heterocycles. The van der Waals surface area contributed by atoms with Crippen LogP contribution in [-0.4, -0.2) is 65.5 Å². The molecule has 3 unspecified atom stereocenters. The van der Waals surface area contributed by atoms with E-state index in [4.69, 9.17) is 0 Å². The molecule has 0 aromatic rings. The van der Waals surface area contributed by atoms with Crippen molar-refractivity contribution >= 4 is 5.78 Å². The van der Waals surface area contributed by atoms with E-state index < -0.39 is 5.72 Å². The maximum absolute atomic E-state index is 12.4. The second-order valence-electron chi connectivity index (χ2n) is 9.98. The van der Waals surface area contributed by atoms with E-state index in [1.165, 1.54) is 57.8 Å². The Morgan fingerprint density at radius 1 is 0.897 bits per heavy atom. The largest absolute Gasteiger partial charge is 0.388 e. The van der Waals surface area contributed by atoms with E-state index in [-0.39, 0.29) is 17.9 Å². The van der Waals surface area contributed by atoms with Crippen LogP contribution in [0, 0.1) is 0 Å². The fourth-order valence-electron chi connectivity index (χ4n) is 4.33. The summed E-state index contributed by atoms with van der Waals surface area (Å²) < 4.78 is 0.634. The molecule has 174 valence electrons. The summed E-state index contributed by atoms with van der Waals surface area (Å²) in [5.41, 5.74) is -1.48. The van der Waals surface area contributed by atoms with Crippen molar-refractivity contribution in [2.24, 2.45) is 0 Å². The van der Waals surface area contributed by atoms with E-state index in [1.54, 1.807) is 13.8 Å². The topological polar surface area (TPSA) is 69.6 Å². The van der Waals surface area contributed by atoms with E-state index in [1.807, 2.05) is 21.0 Å². The normalized spacial score (nSPS) is 16.4. The highest BCUT2D eigenvalue weighted by atomic mass is 16.3. The number of nitrogens with one attached hydrogen (secondary N) is 1. The summed E-state index contributed by atoms with van der Waals surface area (Å²) in [4.78, 5) is 12.4. The lowest BCUT2D eigenvalue weighted by Gasteiger charge is -2.36. The van der Waals surface area contributed by atoms with Crippen molar-refractivity contribution < 1.29 is 19.5 Å². The molecular formula is C24H51N2O3+. The van der Waals surface area contributed by atoms with E-state index in [0.29, 0.717) is 17.4 Å². The Hall–Kier alpha value is -0.490. The van der Waals surface area contributed by atoms with Gasteiger partial charge >= 0.3 is 0 Å². The number of Topliss-reactive ketones (excluding diaryl/α,β-unsaturated/α-hetero) is 1. The van der Waals surface area contributed by atoms with Gasteiger partial charge in [0.25, 0.3) is 0 Å². The Bertz CT molecular complexity index is 422. The van der Waals surface area contributed by atoms with Crippen LogP contribution < -0.4 is 5.32 Å². The third-order valence-electron chi connectivity index (χ3n) is 5.60. The number of carbonyl (C=O) groups is 1. The molecular weight excluding hydrogens is 364 g/mol. The predicted molar refractivity (Wildman–Crippen MR) is 123 cm³/mol. The molecule has 0 aromatic heterocycles. The van der Waals surface area contributed by atoms with Crippen molar-refractivity contribution in [3.05, 3.63) is 0 Å². The lowest BCUT2D eigenvalue weighted by Crippen LogP contribution is -2.58. The van der Waals surface area contributed by atoms with E-state index in [9.17, 15) is 15.0 Å². The van der Waals surface area contributed by atoms with Gasteiger partial charge in [0, 0.05) is 6.42 Å². The maximum atomic E-state index is 12.4. The number of rotatable bonds is 19. The molecule has 0 amide bonds. The van der Waals surface area contributed by atoms with Crippen LogP contribution in [0.3, 0.4) is 0 Å². The minimum atomic E-state index is -1.48. The Kier molecular flexibility index (Phi) is 15.1. The van der Waals surface area contributed by atoms with Gasteiger partial charge < -0.3 is 14.7 Å². The van der Waals surface area contributed by atoms with Crippen molar-refractivity contribution in [3.63, 3.8) is 0 Å². The fourth-order valence-corrected chi connectivity index (χ4v) is 4.33. The standard InChI is InChI=1S/C24H51N2O3/c1-7-8-9-10-11-12-13-14-15-16-17-18-23(28)24(4,29)25-21(2)19-26(5,6)20-22(3)27/h21-22,25,27,29H,7-20H2,1-6H3/q+1. The van der Waals surface area contributed by atoms with E-state index in [2.05, 4.69) is 12.2 Å². The molecule has 0 saturated carbocycles. The zero-order valence-corrected chi connectivity index (χ0v) is 20.3. The molecule has 5 nitrogen and oxygen atoms in total. The molecule has 0 radical (unpaired) electrons. The number of unbranched alkanes of at least 4 members (excludes halogenated alkanes) is 10. The number of quaternary nitrogens is 1. The van der Waals surface area contributed by atoms with Gasteiger partial charge in [-0.25, -0.2) is 0 Å². The average Bonchev–Trinajstić information content (AvgIpc) is 2.56. The van der Waals surface area contributed by atoms with E-state index in [0.717, 1.165) is 19.4 Å². The van der Waals surface area contributed by atoms with Crippen LogP contribution >= 0.6 is 0 Å². The Balaban J connectivity index is 3.93. The summed E-state index contributed by atoms with van der Waals surface area (Å²) >= 11 is 0. The Labute approximate surface area is 180 Å². The van der Waals surface area contributed by atoms with Crippen LogP contribution in [-0.2, 0) is 4.79 Å². The molecule has 0 aliphatic carbocycles. The van der Waals surface area contributed by atoms with Crippen molar-refractivity contribution in [3.8, 4) is 0 Å². The molecule has 5 heteroatoms. The summed E-state index contributed by atoms with van der Waals surface area (Å²) in [6.07, 6.45) is 13.8. The molecule has 3 N–H and O–H groups in total. The van der Waals surface area contributed by atoms with Crippen molar-refractivity contribution in [2.45, 2.75) is 123 Å². The second kappa shape index (κ2) is 15.3. The number of aliphatic hydroxyl groups excluding tert-OH is 1. The summed E-state index contributed by atoms with van der Waals surface area (Å²) in [7, 11) is 4.10. The monoisotopic (exact) mass is 415 g/mol. The van der Waals surface area contributed by atoms with Crippen LogP contribution in [0.4, 0.5) is 0 Å². The Morgan fingerprint density at radius 3 is 1.79 bits per heavy atom. The molecule has 0 saturated heterocycles. The lowest BCUT2D eigenvalue weighted by molar-refractivity contribution is -0.894. The summed E-state index contributed by atoms with van der Waals surface area (Å²) in [6.45, 7) is 8.95. The smallest absolute Gasteiger partial charge is 0.179 e. The summed E-state index contributed by atoms with van der Waals surface area (Å²) in [6, 6.07) is -0.0278. The van der Waals surface area contributed by atoms with Crippen molar-refractivity contribution in [1.29, 1.82) is 0 Å². The number of aliphatic hydroxyl groups is 2. The van der Waals surface area contributed by atoms with Gasteiger partial charge in [-0.1, -0.05) is 71.1 Å². The zero-order valence-electron chi connectivity index (χ0n) is 20.3. The molecule has 0 spiro atoms. The molecule has 29 heavy (non-hydrogen) atoms. The highest BCUT2D eigenvalue weighted by Gasteiger charge is 2.32. The second-order valence-corrected chi connectivity index (χ2v) is 9.98. The van der Waals surface area contributed by atoms with Crippen LogP contribution in [0.5, 0.6) is 0 Å². The number of hydrogen-bond donors (Lipinski definition) is 3. The van der Waals surface area contributed by atoms with E-state index >= 15 is 0 Å². The van der Waals surface area contributed by atoms with Crippen LogP contribution in [0.1, 0.15) is 105 Å². The van der Waals surface area contributed by atoms with Crippen molar-refractivity contribution in [1.82, 2.24) is 5.32 Å². The number of carbonyl (C=O) groups excluding carboxylic acids is 1. The van der Waals surface area contributed by atoms with Gasteiger partial charge in [-0.3, -0.25) is 10.1 Å². The van der Waals surface area contributed by atoms with Crippen LogP contribution in [0.2, 0.25) is 0 Å². The number of hydrogen-bond acceptors (Lipinski definition) is 4. The first-order valence-electron chi connectivity index (χ1n) is 12.0. The first-order valence-corrected chi connectivity index (χ1v) is 12.0. The molecule has 0 aliphatic heterocycles. The fraction of sp³-hybridized carbons (Fsp3) is 0.958. The lowest BCUT2D eigenvalue weighted by atomic mass is 10.0. The summed E-state index contributed by atoms with van der Waals surface area (Å²) in [5.74, 6) is -0.124. The summed E-state index contributed by atoms with van der Waals surface area (Å²) in [5, 5.41) is 23.3. The SMILES string of the molecule is CCCCCCCCCCCCCC(=O)C(C)(O)NC(C)C[N+](C)(C)CC(C)O. The van der Waals surface area contributed by atoms with Gasteiger partial charge in [0.05, 0.1) is 26.7 Å². The minimum absolute atomic E-state index is 0.0278. The molecule has 0 fully saturated rings. The highest BCUT2D eigenvalue weighted by Crippen LogP contribution is 2.14. The highest BCUT2D eigenvalue weighted by molar-refractivity contribution is 5.86. The molecule has 0 aliphatic rings. The third-order valence-corrected chi connectivity index (χ3v) is 5.60. The molecule has 0 bridgehead atoms. The predicted octanol–water partition coefficient (Wildman–Crippen LogP) is 4.40. The molecule has 3 atom stereocenters.